The Morgan fingerprint density at radius 3 is 2.56 bits per heavy atom. The first kappa shape index (κ1) is 21.5. The van der Waals surface area contributed by atoms with Crippen molar-refractivity contribution in [2.24, 2.45) is 4.99 Å². The van der Waals surface area contributed by atoms with E-state index in [-0.39, 0.29) is 5.75 Å². The van der Waals surface area contributed by atoms with E-state index in [0.717, 1.165) is 35.8 Å². The maximum atomic E-state index is 12.2. The molecule has 1 aromatic carbocycles. The third-order valence-corrected chi connectivity index (χ3v) is 7.43. The number of para-hydroxylation sites is 1. The molecule has 1 saturated heterocycles. The Bertz CT molecular complexity index is 752. The summed E-state index contributed by atoms with van der Waals surface area (Å²) < 4.78 is 29.6. The normalized spacial score (nSPS) is 19.0. The molecule has 1 heterocycles. The van der Waals surface area contributed by atoms with Crippen molar-refractivity contribution in [3.05, 3.63) is 29.3 Å². The minimum Gasteiger partial charge on any atom is -0.493 e. The van der Waals surface area contributed by atoms with Crippen LogP contribution in [0.1, 0.15) is 38.3 Å². The number of nitrogens with zero attached hydrogens (tertiary/aromatic N) is 2. The van der Waals surface area contributed by atoms with E-state index in [1.807, 2.05) is 13.0 Å². The molecule has 0 unspecified atom stereocenters. The number of hydrogen-bond acceptors (Lipinski definition) is 4. The van der Waals surface area contributed by atoms with E-state index in [2.05, 4.69) is 41.2 Å². The van der Waals surface area contributed by atoms with E-state index in [1.54, 1.807) is 13.8 Å². The second kappa shape index (κ2) is 8.95. The zero-order valence-corrected chi connectivity index (χ0v) is 18.0. The maximum absolute atomic E-state index is 12.2. The van der Waals surface area contributed by atoms with Gasteiger partial charge in [-0.3, -0.25) is 4.99 Å². The number of hydrogen-bond donors (Lipinski definition) is 1. The lowest BCUT2D eigenvalue weighted by Crippen LogP contribution is -2.57. The molecular formula is C20H33N3O3S. The van der Waals surface area contributed by atoms with Gasteiger partial charge < -0.3 is 15.0 Å². The van der Waals surface area contributed by atoms with Crippen LogP contribution >= 0.6 is 0 Å². The molecule has 0 radical (unpaired) electrons. The third-order valence-electron chi connectivity index (χ3n) is 4.90. The summed E-state index contributed by atoms with van der Waals surface area (Å²) in [5.41, 5.74) is 2.28. The molecule has 1 N–H and O–H groups in total. The van der Waals surface area contributed by atoms with Crippen LogP contribution in [-0.2, 0) is 9.84 Å². The minimum absolute atomic E-state index is 0.167. The van der Waals surface area contributed by atoms with Crippen LogP contribution in [0.3, 0.4) is 0 Å². The molecule has 0 amide bonds. The van der Waals surface area contributed by atoms with Crippen LogP contribution in [0.2, 0.25) is 0 Å². The molecule has 1 aliphatic heterocycles. The van der Waals surface area contributed by atoms with Gasteiger partial charge in [0.1, 0.15) is 5.75 Å². The largest absolute Gasteiger partial charge is 0.493 e. The van der Waals surface area contributed by atoms with Crippen LogP contribution in [-0.4, -0.2) is 62.6 Å². The number of rotatable bonds is 6. The van der Waals surface area contributed by atoms with Gasteiger partial charge in [0.15, 0.2) is 15.8 Å². The highest BCUT2D eigenvalue weighted by Crippen LogP contribution is 2.24. The Morgan fingerprint density at radius 1 is 1.30 bits per heavy atom. The standard InChI is InChI=1S/C20H33N3O3S/c1-6-21-19(23-12-14-27(24,25)20(4,5)15-23)22-11-8-13-26-18-16(2)9-7-10-17(18)3/h7,9-10H,6,8,11-15H2,1-5H3,(H,21,22). The second-order valence-electron chi connectivity index (χ2n) is 7.66. The van der Waals surface area contributed by atoms with Crippen LogP contribution in [0.25, 0.3) is 0 Å². The van der Waals surface area contributed by atoms with Gasteiger partial charge in [-0.2, -0.15) is 0 Å². The Morgan fingerprint density at radius 2 is 1.96 bits per heavy atom. The van der Waals surface area contributed by atoms with Crippen molar-refractivity contribution in [3.8, 4) is 5.75 Å². The summed E-state index contributed by atoms with van der Waals surface area (Å²) in [6, 6.07) is 6.14. The van der Waals surface area contributed by atoms with Gasteiger partial charge in [0, 0.05) is 32.6 Å². The molecule has 0 spiro atoms. The fourth-order valence-electron chi connectivity index (χ4n) is 3.20. The van der Waals surface area contributed by atoms with Crippen LogP contribution in [0.4, 0.5) is 0 Å². The molecule has 0 saturated carbocycles. The van der Waals surface area contributed by atoms with Gasteiger partial charge in [0.2, 0.25) is 0 Å². The van der Waals surface area contributed by atoms with E-state index in [9.17, 15) is 8.42 Å². The summed E-state index contributed by atoms with van der Waals surface area (Å²) in [6.07, 6.45) is 0.804. The monoisotopic (exact) mass is 395 g/mol. The predicted octanol–water partition coefficient (Wildman–Crippen LogP) is 2.55. The second-order valence-corrected chi connectivity index (χ2v) is 10.4. The average molecular weight is 396 g/mol. The maximum Gasteiger partial charge on any atom is 0.193 e. The van der Waals surface area contributed by atoms with Crippen molar-refractivity contribution < 1.29 is 13.2 Å². The first-order valence-electron chi connectivity index (χ1n) is 9.62. The van der Waals surface area contributed by atoms with Gasteiger partial charge in [-0.1, -0.05) is 18.2 Å². The van der Waals surface area contributed by atoms with Crippen molar-refractivity contribution in [3.63, 3.8) is 0 Å². The molecular weight excluding hydrogens is 362 g/mol. The number of benzene rings is 1. The smallest absolute Gasteiger partial charge is 0.193 e. The van der Waals surface area contributed by atoms with E-state index >= 15 is 0 Å². The van der Waals surface area contributed by atoms with Crippen LogP contribution < -0.4 is 10.1 Å². The summed E-state index contributed by atoms with van der Waals surface area (Å²) in [6.45, 7) is 12.6. The molecule has 1 aliphatic rings. The quantitative estimate of drug-likeness (QED) is 0.455. The molecule has 152 valence electrons. The number of guanidine groups is 1. The van der Waals surface area contributed by atoms with Crippen LogP contribution in [0.15, 0.2) is 23.2 Å². The average Bonchev–Trinajstić information content (AvgIpc) is 2.58. The number of nitrogens with one attached hydrogen (secondary N) is 1. The molecule has 0 bridgehead atoms. The van der Waals surface area contributed by atoms with Crippen LogP contribution in [0, 0.1) is 13.8 Å². The fourth-order valence-corrected chi connectivity index (χ4v) is 4.57. The topological polar surface area (TPSA) is 71.0 Å². The minimum atomic E-state index is -3.05. The van der Waals surface area contributed by atoms with Gasteiger partial charge in [0.25, 0.3) is 0 Å². The number of aryl methyl sites for hydroxylation is 2. The first-order chi connectivity index (χ1) is 12.7. The summed E-state index contributed by atoms with van der Waals surface area (Å²) in [4.78, 5) is 6.74. The summed E-state index contributed by atoms with van der Waals surface area (Å²) in [7, 11) is -3.05. The van der Waals surface area contributed by atoms with Gasteiger partial charge in [-0.15, -0.1) is 0 Å². The van der Waals surface area contributed by atoms with Crippen molar-refractivity contribution in [1.82, 2.24) is 10.2 Å². The van der Waals surface area contributed by atoms with E-state index in [4.69, 9.17) is 4.74 Å². The molecule has 0 atom stereocenters. The lowest BCUT2D eigenvalue weighted by molar-refractivity contribution is 0.308. The zero-order chi connectivity index (χ0) is 20.1. The summed E-state index contributed by atoms with van der Waals surface area (Å²) in [5, 5.41) is 3.28. The molecule has 7 heteroatoms. The number of ether oxygens (including phenoxy) is 1. The van der Waals surface area contributed by atoms with Crippen molar-refractivity contribution in [2.45, 2.75) is 45.8 Å². The summed E-state index contributed by atoms with van der Waals surface area (Å²) >= 11 is 0. The molecule has 0 aromatic heterocycles. The molecule has 1 fully saturated rings. The zero-order valence-electron chi connectivity index (χ0n) is 17.2. The van der Waals surface area contributed by atoms with Gasteiger partial charge >= 0.3 is 0 Å². The highest BCUT2D eigenvalue weighted by atomic mass is 32.2. The molecule has 0 aliphatic carbocycles. The van der Waals surface area contributed by atoms with Gasteiger partial charge in [-0.25, -0.2) is 8.42 Å². The Kier molecular flexibility index (Phi) is 7.14. The predicted molar refractivity (Wildman–Crippen MR) is 111 cm³/mol. The lowest BCUT2D eigenvalue weighted by Gasteiger charge is -2.39. The fraction of sp³-hybridized carbons (Fsp3) is 0.650. The Hall–Kier alpha value is -1.76. The molecule has 6 nitrogen and oxygen atoms in total. The number of aliphatic imine (C=N–C) groups is 1. The molecule has 27 heavy (non-hydrogen) atoms. The molecule has 2 rings (SSSR count). The third kappa shape index (κ3) is 5.37. The molecule has 1 aromatic rings. The van der Waals surface area contributed by atoms with E-state index in [1.165, 1.54) is 0 Å². The highest BCUT2D eigenvalue weighted by Gasteiger charge is 2.40. The number of sulfone groups is 1. The summed E-state index contributed by atoms with van der Waals surface area (Å²) in [5.74, 6) is 1.91. The Labute approximate surface area is 163 Å². The van der Waals surface area contributed by atoms with Crippen molar-refractivity contribution >= 4 is 15.8 Å². The SMILES string of the molecule is CCNC(=NCCCOc1c(C)cccc1C)N1CCS(=O)(=O)C(C)(C)C1. The Balaban J connectivity index is 1.92. The van der Waals surface area contributed by atoms with Gasteiger partial charge in [-0.05, 0) is 45.7 Å². The lowest BCUT2D eigenvalue weighted by atomic mass is 10.1. The van der Waals surface area contributed by atoms with E-state index in [0.29, 0.717) is 26.2 Å². The van der Waals surface area contributed by atoms with E-state index < -0.39 is 14.6 Å². The van der Waals surface area contributed by atoms with Gasteiger partial charge in [0.05, 0.1) is 17.1 Å². The van der Waals surface area contributed by atoms with Crippen molar-refractivity contribution in [2.75, 3.05) is 38.5 Å². The van der Waals surface area contributed by atoms with Crippen molar-refractivity contribution in [1.29, 1.82) is 0 Å². The van der Waals surface area contributed by atoms with Crippen LogP contribution in [0.5, 0.6) is 5.75 Å². The highest BCUT2D eigenvalue weighted by molar-refractivity contribution is 7.92. The first-order valence-corrected chi connectivity index (χ1v) is 11.3.